The lowest BCUT2D eigenvalue weighted by Gasteiger charge is -2.35. The summed E-state index contributed by atoms with van der Waals surface area (Å²) in [5, 5.41) is 4.14. The minimum absolute atomic E-state index is 0.0112. The highest BCUT2D eigenvalue weighted by Crippen LogP contribution is 2.35. The Balaban J connectivity index is 1.37. The van der Waals surface area contributed by atoms with E-state index in [1.54, 1.807) is 11.3 Å². The molecule has 0 radical (unpaired) electrons. The molecular formula is C24H32N4O2S. The number of hydrogen-bond acceptors (Lipinski definition) is 5. The van der Waals surface area contributed by atoms with Gasteiger partial charge in [-0.05, 0) is 56.4 Å². The first-order chi connectivity index (χ1) is 14.8. The zero-order valence-electron chi connectivity index (χ0n) is 18.9. The van der Waals surface area contributed by atoms with Crippen molar-refractivity contribution in [3.63, 3.8) is 0 Å². The number of nitrogens with one attached hydrogen (secondary N) is 1. The first kappa shape index (κ1) is 21.8. The van der Waals surface area contributed by atoms with E-state index in [0.29, 0.717) is 0 Å². The quantitative estimate of drug-likeness (QED) is 0.785. The van der Waals surface area contributed by atoms with Gasteiger partial charge in [0.05, 0.1) is 5.69 Å². The van der Waals surface area contributed by atoms with Gasteiger partial charge in [0.15, 0.2) is 5.13 Å². The third-order valence-electron chi connectivity index (χ3n) is 6.43. The standard InChI is InChI=1S/C24H32N4O2S/c1-15(2)23(30)27-9-11-28(12-10-27)24-26-20-8-6-18(14-21(20)31-24)22(29)25-19-7-5-16(3)17(4)13-19/h5,7,13,15,18H,6,8-12,14H2,1-4H3,(H,25,29)/t18-/m1/s1. The van der Waals surface area contributed by atoms with Gasteiger partial charge in [-0.3, -0.25) is 9.59 Å². The molecule has 0 saturated carbocycles. The van der Waals surface area contributed by atoms with Gasteiger partial charge in [0.1, 0.15) is 0 Å². The fraction of sp³-hybridized carbons (Fsp3) is 0.542. The Kier molecular flexibility index (Phi) is 6.32. The second kappa shape index (κ2) is 8.99. The van der Waals surface area contributed by atoms with Crippen LogP contribution in [0, 0.1) is 25.7 Å². The topological polar surface area (TPSA) is 65.5 Å². The molecule has 1 atom stereocenters. The number of rotatable bonds is 4. The van der Waals surface area contributed by atoms with E-state index in [-0.39, 0.29) is 23.7 Å². The van der Waals surface area contributed by atoms with Gasteiger partial charge in [-0.1, -0.05) is 19.9 Å². The average molecular weight is 441 g/mol. The summed E-state index contributed by atoms with van der Waals surface area (Å²) in [5.41, 5.74) is 4.44. The number of hydrogen-bond donors (Lipinski definition) is 1. The fourth-order valence-corrected chi connectivity index (χ4v) is 5.51. The van der Waals surface area contributed by atoms with Crippen molar-refractivity contribution >= 4 is 34.0 Å². The lowest BCUT2D eigenvalue weighted by Crippen LogP contribution is -2.49. The van der Waals surface area contributed by atoms with Crippen LogP contribution >= 0.6 is 11.3 Å². The first-order valence-electron chi connectivity index (χ1n) is 11.2. The fourth-order valence-electron chi connectivity index (χ4n) is 4.27. The van der Waals surface area contributed by atoms with E-state index in [9.17, 15) is 9.59 Å². The Morgan fingerprint density at radius 2 is 1.87 bits per heavy atom. The van der Waals surface area contributed by atoms with Gasteiger partial charge in [-0.2, -0.15) is 0 Å². The summed E-state index contributed by atoms with van der Waals surface area (Å²) in [6.45, 7) is 11.2. The van der Waals surface area contributed by atoms with Crippen LogP contribution in [-0.2, 0) is 22.4 Å². The molecule has 2 aromatic rings. The largest absolute Gasteiger partial charge is 0.345 e. The number of carbonyl (C=O) groups excluding carboxylic acids is 2. The van der Waals surface area contributed by atoms with Crippen molar-refractivity contribution in [3.05, 3.63) is 39.9 Å². The van der Waals surface area contributed by atoms with Gasteiger partial charge in [-0.25, -0.2) is 4.98 Å². The molecule has 2 aliphatic rings. The summed E-state index contributed by atoms with van der Waals surface area (Å²) < 4.78 is 0. The molecule has 1 aromatic carbocycles. The van der Waals surface area contributed by atoms with E-state index in [1.165, 1.54) is 16.0 Å². The van der Waals surface area contributed by atoms with Crippen molar-refractivity contribution < 1.29 is 9.59 Å². The highest BCUT2D eigenvalue weighted by atomic mass is 32.1. The Morgan fingerprint density at radius 3 is 2.55 bits per heavy atom. The van der Waals surface area contributed by atoms with Crippen molar-refractivity contribution in [1.82, 2.24) is 9.88 Å². The molecule has 1 aliphatic carbocycles. The summed E-state index contributed by atoms with van der Waals surface area (Å²) in [5.74, 6) is 0.369. The number of carbonyl (C=O) groups is 2. The van der Waals surface area contributed by atoms with Crippen LogP contribution in [-0.4, -0.2) is 47.9 Å². The van der Waals surface area contributed by atoms with Gasteiger partial charge >= 0.3 is 0 Å². The van der Waals surface area contributed by atoms with Crippen LogP contribution in [0.5, 0.6) is 0 Å². The van der Waals surface area contributed by atoms with Gasteiger partial charge in [0.25, 0.3) is 0 Å². The number of aryl methyl sites for hydroxylation is 3. The number of benzene rings is 1. The van der Waals surface area contributed by atoms with Crippen LogP contribution in [0.4, 0.5) is 10.8 Å². The van der Waals surface area contributed by atoms with Crippen molar-refractivity contribution in [2.45, 2.75) is 47.0 Å². The highest BCUT2D eigenvalue weighted by Gasteiger charge is 2.30. The van der Waals surface area contributed by atoms with Gasteiger partial charge in [0.2, 0.25) is 11.8 Å². The summed E-state index contributed by atoms with van der Waals surface area (Å²) in [4.78, 5) is 35.5. The summed E-state index contributed by atoms with van der Waals surface area (Å²) >= 11 is 1.72. The van der Waals surface area contributed by atoms with E-state index >= 15 is 0 Å². The second-order valence-electron chi connectivity index (χ2n) is 9.06. The number of aromatic nitrogens is 1. The van der Waals surface area contributed by atoms with E-state index < -0.39 is 0 Å². The number of piperazine rings is 1. The van der Waals surface area contributed by atoms with Crippen LogP contribution in [0.1, 0.15) is 42.0 Å². The molecule has 166 valence electrons. The lowest BCUT2D eigenvalue weighted by atomic mass is 9.90. The predicted molar refractivity (Wildman–Crippen MR) is 126 cm³/mol. The molecule has 1 aliphatic heterocycles. The summed E-state index contributed by atoms with van der Waals surface area (Å²) in [6, 6.07) is 6.06. The number of anilines is 2. The second-order valence-corrected chi connectivity index (χ2v) is 10.1. The Bertz CT molecular complexity index is 976. The highest BCUT2D eigenvalue weighted by molar-refractivity contribution is 7.15. The summed E-state index contributed by atoms with van der Waals surface area (Å²) in [6.07, 6.45) is 2.45. The molecule has 31 heavy (non-hydrogen) atoms. The van der Waals surface area contributed by atoms with E-state index in [4.69, 9.17) is 4.98 Å². The van der Waals surface area contributed by atoms with Crippen LogP contribution in [0.25, 0.3) is 0 Å². The normalized spacial score (nSPS) is 18.8. The minimum atomic E-state index is -0.0112. The van der Waals surface area contributed by atoms with Gasteiger partial charge in [-0.15, -0.1) is 11.3 Å². The smallest absolute Gasteiger partial charge is 0.227 e. The number of amides is 2. The minimum Gasteiger partial charge on any atom is -0.345 e. The average Bonchev–Trinajstić information content (AvgIpc) is 3.19. The van der Waals surface area contributed by atoms with Gasteiger partial charge < -0.3 is 15.1 Å². The van der Waals surface area contributed by atoms with Crippen molar-refractivity contribution in [1.29, 1.82) is 0 Å². The van der Waals surface area contributed by atoms with Crippen LogP contribution < -0.4 is 10.2 Å². The zero-order valence-corrected chi connectivity index (χ0v) is 19.7. The molecule has 4 rings (SSSR count). The van der Waals surface area contributed by atoms with Gasteiger partial charge in [0, 0.05) is 48.6 Å². The van der Waals surface area contributed by atoms with E-state index in [0.717, 1.165) is 62.0 Å². The molecule has 1 N–H and O–H groups in total. The molecule has 7 heteroatoms. The zero-order chi connectivity index (χ0) is 22.1. The van der Waals surface area contributed by atoms with Crippen molar-refractivity contribution in [2.24, 2.45) is 11.8 Å². The Morgan fingerprint density at radius 1 is 1.13 bits per heavy atom. The summed E-state index contributed by atoms with van der Waals surface area (Å²) in [7, 11) is 0. The van der Waals surface area contributed by atoms with Crippen molar-refractivity contribution in [3.8, 4) is 0 Å². The molecule has 1 saturated heterocycles. The molecule has 2 amide bonds. The number of thiazole rings is 1. The molecule has 6 nitrogen and oxygen atoms in total. The third kappa shape index (κ3) is 4.76. The lowest BCUT2D eigenvalue weighted by molar-refractivity contribution is -0.134. The third-order valence-corrected chi connectivity index (χ3v) is 7.61. The van der Waals surface area contributed by atoms with Crippen LogP contribution in [0.2, 0.25) is 0 Å². The molecule has 0 unspecified atom stereocenters. The van der Waals surface area contributed by atoms with E-state index in [2.05, 4.69) is 24.1 Å². The number of fused-ring (bicyclic) bond motifs is 1. The van der Waals surface area contributed by atoms with Crippen molar-refractivity contribution in [2.75, 3.05) is 36.4 Å². The molecule has 2 heterocycles. The predicted octanol–water partition coefficient (Wildman–Crippen LogP) is 3.81. The molecule has 1 fully saturated rings. The SMILES string of the molecule is Cc1ccc(NC(=O)[C@@H]2CCc3nc(N4CCN(C(=O)C(C)C)CC4)sc3C2)cc1C. The van der Waals surface area contributed by atoms with E-state index in [1.807, 2.05) is 36.9 Å². The maximum atomic E-state index is 12.9. The maximum Gasteiger partial charge on any atom is 0.227 e. The monoisotopic (exact) mass is 440 g/mol. The molecular weight excluding hydrogens is 408 g/mol. The first-order valence-corrected chi connectivity index (χ1v) is 12.0. The van der Waals surface area contributed by atoms with Crippen LogP contribution in [0.3, 0.4) is 0 Å². The maximum absolute atomic E-state index is 12.9. The molecule has 0 bridgehead atoms. The molecule has 1 aromatic heterocycles. The Hall–Kier alpha value is -2.41. The molecule has 0 spiro atoms. The number of nitrogens with zero attached hydrogens (tertiary/aromatic N) is 3. The van der Waals surface area contributed by atoms with Crippen LogP contribution in [0.15, 0.2) is 18.2 Å². The Labute approximate surface area is 188 Å².